The summed E-state index contributed by atoms with van der Waals surface area (Å²) in [5.41, 5.74) is 0.470. The number of nitrogens with zero attached hydrogens (tertiary/aromatic N) is 2. The molecule has 1 aromatic rings. The van der Waals surface area contributed by atoms with E-state index in [0.717, 1.165) is 43.4 Å². The number of hydrogen-bond donors (Lipinski definition) is 1. The minimum absolute atomic E-state index is 0.101. The van der Waals surface area contributed by atoms with Crippen molar-refractivity contribution in [2.45, 2.75) is 56.4 Å². The fourth-order valence-corrected chi connectivity index (χ4v) is 4.91. The Balaban J connectivity index is 1.44. The van der Waals surface area contributed by atoms with Gasteiger partial charge in [-0.3, -0.25) is 9.59 Å². The van der Waals surface area contributed by atoms with Crippen LogP contribution in [0, 0.1) is 23.2 Å². The number of carbonyl (C=O) groups is 2. The third-order valence-corrected chi connectivity index (χ3v) is 6.83. The summed E-state index contributed by atoms with van der Waals surface area (Å²) in [6, 6.07) is 10.2. The van der Waals surface area contributed by atoms with Crippen LogP contribution in [0.3, 0.4) is 0 Å². The first-order chi connectivity index (χ1) is 14.1. The van der Waals surface area contributed by atoms with Crippen molar-refractivity contribution in [2.24, 2.45) is 11.8 Å². The number of rotatable bonds is 5. The number of amides is 2. The van der Waals surface area contributed by atoms with E-state index in [1.807, 2.05) is 23.1 Å². The molecule has 3 aliphatic rings. The van der Waals surface area contributed by atoms with Gasteiger partial charge in [-0.15, -0.1) is 0 Å². The number of nitriles is 1. The summed E-state index contributed by atoms with van der Waals surface area (Å²) in [4.78, 5) is 28.1. The normalized spacial score (nSPS) is 27.7. The van der Waals surface area contributed by atoms with E-state index < -0.39 is 5.54 Å². The Morgan fingerprint density at radius 3 is 2.59 bits per heavy atom. The van der Waals surface area contributed by atoms with Crippen molar-refractivity contribution in [1.29, 1.82) is 5.26 Å². The lowest BCUT2D eigenvalue weighted by atomic mass is 9.77. The second kappa shape index (κ2) is 8.06. The molecule has 3 fully saturated rings. The molecule has 1 aliphatic heterocycles. The lowest BCUT2D eigenvalue weighted by Gasteiger charge is -2.33. The zero-order valence-corrected chi connectivity index (χ0v) is 17.0. The van der Waals surface area contributed by atoms with E-state index >= 15 is 0 Å². The lowest BCUT2D eigenvalue weighted by molar-refractivity contribution is -0.143. The van der Waals surface area contributed by atoms with Crippen LogP contribution in [0.15, 0.2) is 24.3 Å². The number of hydrogen-bond acceptors (Lipinski definition) is 4. The van der Waals surface area contributed by atoms with E-state index in [1.54, 1.807) is 7.11 Å². The summed E-state index contributed by atoms with van der Waals surface area (Å²) in [5.74, 6) is 0.543. The van der Waals surface area contributed by atoms with Crippen LogP contribution in [-0.4, -0.2) is 42.5 Å². The second-order valence-corrected chi connectivity index (χ2v) is 8.69. The summed E-state index contributed by atoms with van der Waals surface area (Å²) in [6.45, 7) is 1.39. The van der Waals surface area contributed by atoms with Gasteiger partial charge in [-0.1, -0.05) is 31.0 Å². The molecule has 2 unspecified atom stereocenters. The number of carbonyl (C=O) groups excluding carboxylic acids is 2. The van der Waals surface area contributed by atoms with Gasteiger partial charge < -0.3 is 15.0 Å². The van der Waals surface area contributed by atoms with Crippen LogP contribution in [-0.2, 0) is 9.59 Å². The predicted octanol–water partition coefficient (Wildman–Crippen LogP) is 2.99. The maximum absolute atomic E-state index is 13.3. The van der Waals surface area contributed by atoms with Crippen molar-refractivity contribution >= 4 is 11.8 Å². The van der Waals surface area contributed by atoms with Gasteiger partial charge in [0.25, 0.3) is 0 Å². The first-order valence-corrected chi connectivity index (χ1v) is 10.7. The fraction of sp³-hybridized carbons (Fsp3) is 0.609. The van der Waals surface area contributed by atoms with Crippen molar-refractivity contribution < 1.29 is 14.3 Å². The van der Waals surface area contributed by atoms with Gasteiger partial charge in [-0.25, -0.2) is 0 Å². The highest BCUT2D eigenvalue weighted by molar-refractivity contribution is 5.89. The molecule has 6 nitrogen and oxygen atoms in total. The summed E-state index contributed by atoms with van der Waals surface area (Å²) < 4.78 is 5.50. The first kappa shape index (κ1) is 19.8. The van der Waals surface area contributed by atoms with Crippen molar-refractivity contribution in [2.75, 3.05) is 20.2 Å². The largest absolute Gasteiger partial charge is 0.496 e. The standard InChI is InChI=1S/C23H29N3O3/c1-29-20-9-5-4-6-17(20)16-10-13-26(14-16)22(28)19-8-3-2-7-18(19)21(27)25-23(15-24)11-12-23/h4-6,9,16,18-19H,2-3,7-8,10-14H2,1H3,(H,25,27)/t16?,18-,19?/m1/s1. The van der Waals surface area contributed by atoms with E-state index in [4.69, 9.17) is 4.74 Å². The van der Waals surface area contributed by atoms with Gasteiger partial charge in [0, 0.05) is 30.8 Å². The topological polar surface area (TPSA) is 82.4 Å². The molecule has 0 spiro atoms. The number of methoxy groups -OCH3 is 1. The van der Waals surface area contributed by atoms with Gasteiger partial charge in [0.05, 0.1) is 13.2 Å². The average Bonchev–Trinajstić information content (AvgIpc) is 3.36. The molecule has 0 bridgehead atoms. The van der Waals surface area contributed by atoms with Crippen molar-refractivity contribution in [3.8, 4) is 11.8 Å². The summed E-state index contributed by atoms with van der Waals surface area (Å²) in [7, 11) is 1.68. The van der Waals surface area contributed by atoms with Crippen LogP contribution in [0.2, 0.25) is 0 Å². The Labute approximate surface area is 172 Å². The molecular weight excluding hydrogens is 366 g/mol. The Bertz CT molecular complexity index is 827. The van der Waals surface area contributed by atoms with Crippen LogP contribution in [0.25, 0.3) is 0 Å². The Kier molecular flexibility index (Phi) is 5.49. The minimum atomic E-state index is -0.676. The zero-order valence-electron chi connectivity index (χ0n) is 17.0. The summed E-state index contributed by atoms with van der Waals surface area (Å²) in [6.07, 6.45) is 5.77. The molecule has 0 aromatic heterocycles. The Morgan fingerprint density at radius 2 is 1.90 bits per heavy atom. The van der Waals surface area contributed by atoms with E-state index in [-0.39, 0.29) is 29.6 Å². The first-order valence-electron chi connectivity index (χ1n) is 10.7. The van der Waals surface area contributed by atoms with Crippen LogP contribution in [0.1, 0.15) is 56.4 Å². The molecular formula is C23H29N3O3. The minimum Gasteiger partial charge on any atom is -0.496 e. The molecule has 3 atom stereocenters. The van der Waals surface area contributed by atoms with E-state index in [0.29, 0.717) is 25.9 Å². The number of benzene rings is 1. The molecule has 154 valence electrons. The van der Waals surface area contributed by atoms with Gasteiger partial charge in [0.2, 0.25) is 11.8 Å². The second-order valence-electron chi connectivity index (χ2n) is 8.69. The molecule has 2 saturated carbocycles. The SMILES string of the molecule is COc1ccccc1C1CCN(C(=O)C2CCCC[C@H]2C(=O)NC2(C#N)CC2)C1. The number of para-hydroxylation sites is 1. The molecule has 6 heteroatoms. The van der Waals surface area contributed by atoms with Crippen LogP contribution in [0.5, 0.6) is 5.75 Å². The van der Waals surface area contributed by atoms with Crippen molar-refractivity contribution in [1.82, 2.24) is 10.2 Å². The third kappa shape index (κ3) is 3.96. The number of ether oxygens (including phenoxy) is 1. The van der Waals surface area contributed by atoms with Gasteiger partial charge >= 0.3 is 0 Å². The number of nitrogens with one attached hydrogen (secondary N) is 1. The monoisotopic (exact) mass is 395 g/mol. The van der Waals surface area contributed by atoms with E-state index in [1.165, 1.54) is 0 Å². The Morgan fingerprint density at radius 1 is 1.17 bits per heavy atom. The Hall–Kier alpha value is -2.55. The third-order valence-electron chi connectivity index (χ3n) is 6.83. The molecule has 1 aromatic carbocycles. The molecule has 1 heterocycles. The van der Waals surface area contributed by atoms with Crippen molar-refractivity contribution in [3.05, 3.63) is 29.8 Å². The molecule has 1 saturated heterocycles. The molecule has 29 heavy (non-hydrogen) atoms. The molecule has 4 rings (SSSR count). The zero-order chi connectivity index (χ0) is 20.4. The van der Waals surface area contributed by atoms with Crippen LogP contribution >= 0.6 is 0 Å². The molecule has 1 N–H and O–H groups in total. The maximum atomic E-state index is 13.3. The predicted molar refractivity (Wildman–Crippen MR) is 108 cm³/mol. The fourth-order valence-electron chi connectivity index (χ4n) is 4.91. The van der Waals surface area contributed by atoms with Gasteiger partial charge in [-0.05, 0) is 43.7 Å². The highest BCUT2D eigenvalue weighted by Crippen LogP contribution is 2.39. The molecule has 0 radical (unpaired) electrons. The molecule has 2 amide bonds. The summed E-state index contributed by atoms with van der Waals surface area (Å²) in [5, 5.41) is 12.2. The average molecular weight is 396 g/mol. The van der Waals surface area contributed by atoms with Crippen LogP contribution in [0.4, 0.5) is 0 Å². The summed E-state index contributed by atoms with van der Waals surface area (Å²) >= 11 is 0. The quantitative estimate of drug-likeness (QED) is 0.831. The molecule has 2 aliphatic carbocycles. The van der Waals surface area contributed by atoms with Gasteiger partial charge in [0.1, 0.15) is 11.3 Å². The maximum Gasteiger partial charge on any atom is 0.226 e. The van der Waals surface area contributed by atoms with Crippen LogP contribution < -0.4 is 10.1 Å². The van der Waals surface area contributed by atoms with Gasteiger partial charge in [0.15, 0.2) is 0 Å². The highest BCUT2D eigenvalue weighted by atomic mass is 16.5. The lowest BCUT2D eigenvalue weighted by Crippen LogP contribution is -2.47. The van der Waals surface area contributed by atoms with Crippen molar-refractivity contribution in [3.63, 3.8) is 0 Å². The highest BCUT2D eigenvalue weighted by Gasteiger charge is 2.48. The van der Waals surface area contributed by atoms with E-state index in [2.05, 4.69) is 17.5 Å². The smallest absolute Gasteiger partial charge is 0.226 e. The van der Waals surface area contributed by atoms with Gasteiger partial charge in [-0.2, -0.15) is 5.26 Å². The van der Waals surface area contributed by atoms with E-state index in [9.17, 15) is 14.9 Å². The number of likely N-dealkylation sites (tertiary alicyclic amines) is 1.